The lowest BCUT2D eigenvalue weighted by Gasteiger charge is -1.88. The Hall–Kier alpha value is -0.920. The Labute approximate surface area is 55.1 Å². The van der Waals surface area contributed by atoms with Gasteiger partial charge in [-0.15, -0.1) is 0 Å². The summed E-state index contributed by atoms with van der Waals surface area (Å²) in [5, 5.41) is 16.3. The van der Waals surface area contributed by atoms with E-state index in [9.17, 15) is 4.57 Å². The van der Waals surface area contributed by atoms with Gasteiger partial charge < -0.3 is 0 Å². The number of rotatable bonds is 3. The Bertz CT molecular complexity index is 153. The van der Waals surface area contributed by atoms with E-state index in [0.29, 0.717) is 0 Å². The zero-order chi connectivity index (χ0) is 7.11. The molecule has 45 valence electrons. The second-order valence-electron chi connectivity index (χ2n) is 1.33. The molecule has 0 aliphatic heterocycles. The zero-order valence-electron chi connectivity index (χ0n) is 4.61. The van der Waals surface area contributed by atoms with E-state index < -0.39 is 5.92 Å². The summed E-state index contributed by atoms with van der Waals surface area (Å²) in [6.07, 6.45) is 1.63. The van der Waals surface area contributed by atoms with Crippen molar-refractivity contribution in [1.82, 2.24) is 0 Å². The second kappa shape index (κ2) is 5.22. The fourth-order valence-electron chi connectivity index (χ4n) is 0.283. The van der Waals surface area contributed by atoms with Crippen LogP contribution >= 0.6 is 8.46 Å². The van der Waals surface area contributed by atoms with Gasteiger partial charge in [0.05, 0.1) is 18.3 Å². The van der Waals surface area contributed by atoms with Crippen LogP contribution in [-0.2, 0) is 4.57 Å². The highest BCUT2D eigenvalue weighted by Gasteiger charge is 2.03. The summed E-state index contributed by atoms with van der Waals surface area (Å²) in [4.78, 5) is 0. The molecule has 0 saturated carbocycles. The fourth-order valence-corrected chi connectivity index (χ4v) is 0.580. The molecule has 0 spiro atoms. The molecular weight excluding hydrogens is 135 g/mol. The van der Waals surface area contributed by atoms with Crippen LogP contribution in [0.25, 0.3) is 0 Å². The standard InChI is InChI=1S/C5H4N2OP/c6-3-5(4-7)1-2-9-8/h2,5H,1H2. The van der Waals surface area contributed by atoms with Gasteiger partial charge in [0.1, 0.15) is 5.92 Å². The minimum atomic E-state index is -0.647. The lowest BCUT2D eigenvalue weighted by atomic mass is 10.1. The van der Waals surface area contributed by atoms with Crippen LogP contribution in [0, 0.1) is 34.7 Å². The molecule has 0 N–H and O–H groups in total. The van der Waals surface area contributed by atoms with Crippen LogP contribution in [0.5, 0.6) is 0 Å². The summed E-state index contributed by atoms with van der Waals surface area (Å²) in [5.74, 6) is -0.647. The molecule has 0 atom stereocenters. The van der Waals surface area contributed by atoms with Gasteiger partial charge >= 0.3 is 0 Å². The normalized spacial score (nSPS) is 8.78. The van der Waals surface area contributed by atoms with E-state index in [1.54, 1.807) is 12.1 Å². The lowest BCUT2D eigenvalue weighted by molar-refractivity contribution is 0.599. The van der Waals surface area contributed by atoms with Gasteiger partial charge in [-0.05, 0) is 6.42 Å². The quantitative estimate of drug-likeness (QED) is 0.556. The monoisotopic (exact) mass is 139 g/mol. The second-order valence-corrected chi connectivity index (χ2v) is 1.91. The summed E-state index contributed by atoms with van der Waals surface area (Å²) in [6, 6.07) is 3.50. The molecule has 0 aliphatic rings. The van der Waals surface area contributed by atoms with Crippen LogP contribution in [-0.4, -0.2) is 0 Å². The molecule has 1 radical (unpaired) electrons. The summed E-state index contributed by atoms with van der Waals surface area (Å²) >= 11 is 0. The molecule has 0 bridgehead atoms. The van der Waals surface area contributed by atoms with E-state index in [0.717, 1.165) is 0 Å². The first kappa shape index (κ1) is 8.08. The Morgan fingerprint density at radius 2 is 2.11 bits per heavy atom. The molecule has 0 saturated heterocycles. The molecule has 0 aromatic carbocycles. The Balaban J connectivity index is 3.50. The Morgan fingerprint density at radius 3 is 2.44 bits per heavy atom. The molecule has 0 unspecified atom stereocenters. The minimum Gasteiger partial charge on any atom is -0.275 e. The third-order valence-electron chi connectivity index (χ3n) is 0.727. The van der Waals surface area contributed by atoms with Gasteiger partial charge in [0.2, 0.25) is 0 Å². The topological polar surface area (TPSA) is 64.7 Å². The van der Waals surface area contributed by atoms with Crippen molar-refractivity contribution in [2.45, 2.75) is 6.42 Å². The van der Waals surface area contributed by atoms with Gasteiger partial charge in [-0.1, -0.05) is 0 Å². The molecule has 0 amide bonds. The highest BCUT2D eigenvalue weighted by Crippen LogP contribution is 2.09. The van der Waals surface area contributed by atoms with Gasteiger partial charge in [-0.25, -0.2) is 0 Å². The number of hydrogen-bond acceptors (Lipinski definition) is 3. The molecule has 0 aromatic rings. The molecule has 9 heavy (non-hydrogen) atoms. The van der Waals surface area contributed by atoms with Gasteiger partial charge in [0, 0.05) is 0 Å². The molecule has 0 aliphatic carbocycles. The van der Waals surface area contributed by atoms with Crippen molar-refractivity contribution < 1.29 is 4.57 Å². The predicted molar refractivity (Wildman–Crippen MR) is 31.2 cm³/mol. The summed E-state index contributed by atoms with van der Waals surface area (Å²) in [5.41, 5.74) is 0. The van der Waals surface area contributed by atoms with Crippen molar-refractivity contribution in [1.29, 1.82) is 10.5 Å². The Kier molecular flexibility index (Phi) is 4.69. The van der Waals surface area contributed by atoms with Crippen molar-refractivity contribution in [3.8, 4) is 12.1 Å². The lowest BCUT2D eigenvalue weighted by Crippen LogP contribution is -1.89. The smallest absolute Gasteiger partial charge is 0.159 e. The fraction of sp³-hybridized carbons (Fsp3) is 0.400. The highest BCUT2D eigenvalue weighted by atomic mass is 31.1. The van der Waals surface area contributed by atoms with Crippen LogP contribution in [0.15, 0.2) is 0 Å². The van der Waals surface area contributed by atoms with E-state index in [1.165, 1.54) is 6.16 Å². The van der Waals surface area contributed by atoms with E-state index in [4.69, 9.17) is 10.5 Å². The maximum Gasteiger partial charge on any atom is 0.159 e. The number of nitriles is 2. The average Bonchev–Trinajstić information content (AvgIpc) is 1.91. The zero-order valence-corrected chi connectivity index (χ0v) is 5.51. The van der Waals surface area contributed by atoms with Crippen molar-refractivity contribution in [3.05, 3.63) is 6.16 Å². The van der Waals surface area contributed by atoms with E-state index >= 15 is 0 Å². The summed E-state index contributed by atoms with van der Waals surface area (Å²) in [6.45, 7) is 0. The van der Waals surface area contributed by atoms with Crippen LogP contribution in [0.4, 0.5) is 0 Å². The number of hydrogen-bond donors (Lipinski definition) is 0. The van der Waals surface area contributed by atoms with Crippen LogP contribution in [0.1, 0.15) is 6.42 Å². The molecule has 3 nitrogen and oxygen atoms in total. The van der Waals surface area contributed by atoms with E-state index in [2.05, 4.69) is 0 Å². The molecular formula is C5H4N2OP. The van der Waals surface area contributed by atoms with Crippen molar-refractivity contribution in [2.75, 3.05) is 0 Å². The van der Waals surface area contributed by atoms with Gasteiger partial charge in [0.15, 0.2) is 8.46 Å². The first-order valence-corrected chi connectivity index (χ1v) is 3.16. The van der Waals surface area contributed by atoms with Crippen LogP contribution in [0.3, 0.4) is 0 Å². The van der Waals surface area contributed by atoms with Gasteiger partial charge in [-0.2, -0.15) is 10.5 Å². The molecule has 0 rings (SSSR count). The van der Waals surface area contributed by atoms with E-state index in [-0.39, 0.29) is 14.9 Å². The third kappa shape index (κ3) is 3.64. The van der Waals surface area contributed by atoms with Crippen LogP contribution < -0.4 is 0 Å². The first-order valence-electron chi connectivity index (χ1n) is 2.28. The third-order valence-corrected chi connectivity index (χ3v) is 1.09. The minimum absolute atomic E-state index is 0.119. The highest BCUT2D eigenvalue weighted by molar-refractivity contribution is 7.26. The molecule has 0 fully saturated rings. The maximum atomic E-state index is 9.76. The van der Waals surface area contributed by atoms with Crippen LogP contribution in [0.2, 0.25) is 0 Å². The Morgan fingerprint density at radius 1 is 1.56 bits per heavy atom. The van der Waals surface area contributed by atoms with Crippen molar-refractivity contribution in [3.63, 3.8) is 0 Å². The largest absolute Gasteiger partial charge is 0.275 e. The van der Waals surface area contributed by atoms with E-state index in [1.807, 2.05) is 0 Å². The number of nitrogens with zero attached hydrogens (tertiary/aromatic N) is 2. The average molecular weight is 139 g/mol. The van der Waals surface area contributed by atoms with Crippen molar-refractivity contribution in [2.24, 2.45) is 5.92 Å². The van der Waals surface area contributed by atoms with Crippen molar-refractivity contribution >= 4 is 8.46 Å². The molecule has 0 heterocycles. The predicted octanol–water partition coefficient (Wildman–Crippen LogP) is 1.49. The van der Waals surface area contributed by atoms with Gasteiger partial charge in [-0.3, -0.25) is 4.57 Å². The summed E-state index contributed by atoms with van der Waals surface area (Å²) < 4.78 is 9.76. The SMILES string of the molecule is N#CC(C#N)C[CH]P=O. The summed E-state index contributed by atoms with van der Waals surface area (Å²) in [7, 11) is -0.119. The first-order chi connectivity index (χ1) is 4.35. The maximum absolute atomic E-state index is 9.76. The molecule has 4 heteroatoms. The van der Waals surface area contributed by atoms with Gasteiger partial charge in [0.25, 0.3) is 0 Å². The molecule has 0 aromatic heterocycles.